The normalized spacial score (nSPS) is 18.4. The summed E-state index contributed by atoms with van der Waals surface area (Å²) in [6.07, 6.45) is -2.36. The molecule has 0 heterocycles. The van der Waals surface area contributed by atoms with Gasteiger partial charge in [0, 0.05) is 12.1 Å². The van der Waals surface area contributed by atoms with Gasteiger partial charge in [-0.2, -0.15) is 13.2 Å². The molecule has 3 nitrogen and oxygen atoms in total. The van der Waals surface area contributed by atoms with Crippen LogP contribution in [0.2, 0.25) is 0 Å². The SMILES string of the molecule is CC(CN)(NC(=O)c1ccc(C(F)(F)F)cc1)C1CC1. The summed E-state index contributed by atoms with van der Waals surface area (Å²) in [6.45, 7) is 2.18. The molecular weight excluding hydrogens is 269 g/mol. The Kier molecular flexibility index (Phi) is 3.77. The lowest BCUT2D eigenvalue weighted by molar-refractivity contribution is -0.137. The van der Waals surface area contributed by atoms with Crippen LogP contribution in [0.25, 0.3) is 0 Å². The number of hydrogen-bond acceptors (Lipinski definition) is 2. The fourth-order valence-corrected chi connectivity index (χ4v) is 2.18. The molecule has 6 heteroatoms. The largest absolute Gasteiger partial charge is 0.416 e. The summed E-state index contributed by atoms with van der Waals surface area (Å²) >= 11 is 0. The Morgan fingerprint density at radius 2 is 1.85 bits per heavy atom. The number of hydrogen-bond donors (Lipinski definition) is 2. The third-order valence-electron chi connectivity index (χ3n) is 3.78. The number of alkyl halides is 3. The lowest BCUT2D eigenvalue weighted by atomic mass is 9.95. The van der Waals surface area contributed by atoms with Crippen LogP contribution in [-0.4, -0.2) is 18.0 Å². The van der Waals surface area contributed by atoms with E-state index in [1.54, 1.807) is 0 Å². The highest BCUT2D eigenvalue weighted by atomic mass is 19.4. The van der Waals surface area contributed by atoms with Gasteiger partial charge in [-0.05, 0) is 49.9 Å². The van der Waals surface area contributed by atoms with E-state index in [0.29, 0.717) is 12.5 Å². The summed E-state index contributed by atoms with van der Waals surface area (Å²) in [5, 5.41) is 2.83. The Balaban J connectivity index is 2.09. The minimum Gasteiger partial charge on any atom is -0.345 e. The number of amides is 1. The lowest BCUT2D eigenvalue weighted by Gasteiger charge is -2.29. The van der Waals surface area contributed by atoms with Crippen molar-refractivity contribution in [2.45, 2.75) is 31.5 Å². The second kappa shape index (κ2) is 5.09. The van der Waals surface area contributed by atoms with E-state index in [4.69, 9.17) is 5.73 Å². The van der Waals surface area contributed by atoms with Gasteiger partial charge in [-0.1, -0.05) is 0 Å². The van der Waals surface area contributed by atoms with Crippen molar-refractivity contribution in [1.82, 2.24) is 5.32 Å². The van der Waals surface area contributed by atoms with Crippen LogP contribution in [0.15, 0.2) is 24.3 Å². The van der Waals surface area contributed by atoms with Crippen molar-refractivity contribution in [3.8, 4) is 0 Å². The fraction of sp³-hybridized carbons (Fsp3) is 0.500. The van der Waals surface area contributed by atoms with Crippen molar-refractivity contribution in [3.05, 3.63) is 35.4 Å². The van der Waals surface area contributed by atoms with Crippen LogP contribution in [0, 0.1) is 5.92 Å². The summed E-state index contributed by atoms with van der Waals surface area (Å²) in [7, 11) is 0. The van der Waals surface area contributed by atoms with E-state index in [2.05, 4.69) is 5.32 Å². The molecule has 1 saturated carbocycles. The van der Waals surface area contributed by atoms with Crippen LogP contribution in [0.4, 0.5) is 13.2 Å². The molecule has 0 saturated heterocycles. The number of carbonyl (C=O) groups is 1. The van der Waals surface area contributed by atoms with Gasteiger partial charge in [0.1, 0.15) is 0 Å². The average molecular weight is 286 g/mol. The molecule has 0 radical (unpaired) electrons. The van der Waals surface area contributed by atoms with Crippen molar-refractivity contribution >= 4 is 5.91 Å². The third-order valence-corrected chi connectivity index (χ3v) is 3.78. The minimum absolute atomic E-state index is 0.207. The van der Waals surface area contributed by atoms with Crippen molar-refractivity contribution in [2.75, 3.05) is 6.54 Å². The number of rotatable bonds is 4. The minimum atomic E-state index is -4.39. The predicted octanol–water partition coefficient (Wildman–Crippen LogP) is 2.56. The first-order chi connectivity index (χ1) is 9.26. The standard InChI is InChI=1S/C14H17F3N2O/c1-13(8-18,10-6-7-10)19-12(20)9-2-4-11(5-3-9)14(15,16)17/h2-5,10H,6-8,18H2,1H3,(H,19,20). The number of nitrogens with one attached hydrogen (secondary N) is 1. The Hall–Kier alpha value is -1.56. The fourth-order valence-electron chi connectivity index (χ4n) is 2.18. The molecule has 3 N–H and O–H groups in total. The summed E-state index contributed by atoms with van der Waals surface area (Å²) in [5.41, 5.74) is 4.65. The number of nitrogens with two attached hydrogens (primary N) is 1. The number of halogens is 3. The smallest absolute Gasteiger partial charge is 0.345 e. The van der Waals surface area contributed by atoms with Gasteiger partial charge in [0.25, 0.3) is 5.91 Å². The molecule has 110 valence electrons. The number of carbonyl (C=O) groups excluding carboxylic acids is 1. The van der Waals surface area contributed by atoms with E-state index in [9.17, 15) is 18.0 Å². The van der Waals surface area contributed by atoms with Crippen LogP contribution in [0.1, 0.15) is 35.7 Å². The van der Waals surface area contributed by atoms with Crippen LogP contribution in [0.5, 0.6) is 0 Å². The molecule has 1 unspecified atom stereocenters. The van der Waals surface area contributed by atoms with Crippen LogP contribution in [0.3, 0.4) is 0 Å². The molecule has 1 aromatic rings. The molecule has 1 atom stereocenters. The van der Waals surface area contributed by atoms with E-state index in [1.165, 1.54) is 12.1 Å². The first-order valence-corrected chi connectivity index (χ1v) is 6.46. The lowest BCUT2D eigenvalue weighted by Crippen LogP contribution is -2.53. The van der Waals surface area contributed by atoms with Gasteiger partial charge in [-0.3, -0.25) is 4.79 Å². The zero-order chi connectivity index (χ0) is 15.0. The molecular formula is C14H17F3N2O. The van der Waals surface area contributed by atoms with Crippen LogP contribution in [-0.2, 0) is 6.18 Å². The van der Waals surface area contributed by atoms with Gasteiger partial charge in [-0.15, -0.1) is 0 Å². The monoisotopic (exact) mass is 286 g/mol. The van der Waals surface area contributed by atoms with E-state index in [0.717, 1.165) is 25.0 Å². The van der Waals surface area contributed by atoms with E-state index < -0.39 is 23.2 Å². The highest BCUT2D eigenvalue weighted by Crippen LogP contribution is 2.39. The van der Waals surface area contributed by atoms with Crippen molar-refractivity contribution in [1.29, 1.82) is 0 Å². The van der Waals surface area contributed by atoms with Gasteiger partial charge in [0.2, 0.25) is 0 Å². The van der Waals surface area contributed by atoms with Crippen molar-refractivity contribution < 1.29 is 18.0 Å². The quantitative estimate of drug-likeness (QED) is 0.893. The van der Waals surface area contributed by atoms with Crippen LogP contribution >= 0.6 is 0 Å². The zero-order valence-electron chi connectivity index (χ0n) is 11.1. The van der Waals surface area contributed by atoms with Crippen molar-refractivity contribution in [3.63, 3.8) is 0 Å². The highest BCUT2D eigenvalue weighted by molar-refractivity contribution is 5.94. The van der Waals surface area contributed by atoms with E-state index >= 15 is 0 Å². The summed E-state index contributed by atoms with van der Waals surface area (Å²) < 4.78 is 37.3. The molecule has 1 aliphatic carbocycles. The highest BCUT2D eigenvalue weighted by Gasteiger charge is 2.41. The maximum absolute atomic E-state index is 12.4. The molecule has 1 aliphatic rings. The molecule has 0 aliphatic heterocycles. The summed E-state index contributed by atoms with van der Waals surface area (Å²) in [4.78, 5) is 12.1. The van der Waals surface area contributed by atoms with Crippen LogP contribution < -0.4 is 11.1 Å². The van der Waals surface area contributed by atoms with Gasteiger partial charge in [-0.25, -0.2) is 0 Å². The Bertz CT molecular complexity index is 494. The Morgan fingerprint density at radius 1 is 1.30 bits per heavy atom. The van der Waals surface area contributed by atoms with Gasteiger partial charge in [0.15, 0.2) is 0 Å². The Labute approximate surface area is 115 Å². The summed E-state index contributed by atoms with van der Waals surface area (Å²) in [5.74, 6) is -0.0375. The van der Waals surface area contributed by atoms with Gasteiger partial charge < -0.3 is 11.1 Å². The molecule has 0 aromatic heterocycles. The molecule has 1 amide bonds. The zero-order valence-corrected chi connectivity index (χ0v) is 11.1. The third kappa shape index (κ3) is 3.12. The van der Waals surface area contributed by atoms with Gasteiger partial charge in [0.05, 0.1) is 11.1 Å². The second-order valence-corrected chi connectivity index (χ2v) is 5.43. The van der Waals surface area contributed by atoms with E-state index in [-0.39, 0.29) is 5.56 Å². The molecule has 0 spiro atoms. The van der Waals surface area contributed by atoms with E-state index in [1.807, 2.05) is 6.92 Å². The van der Waals surface area contributed by atoms with Gasteiger partial charge >= 0.3 is 6.18 Å². The predicted molar refractivity (Wildman–Crippen MR) is 69.1 cm³/mol. The maximum atomic E-state index is 12.4. The molecule has 2 rings (SSSR count). The summed E-state index contributed by atoms with van der Waals surface area (Å²) in [6, 6.07) is 4.18. The first-order valence-electron chi connectivity index (χ1n) is 6.46. The maximum Gasteiger partial charge on any atom is 0.416 e. The molecule has 1 aromatic carbocycles. The molecule has 1 fully saturated rings. The number of benzene rings is 1. The molecule has 0 bridgehead atoms. The Morgan fingerprint density at radius 3 is 2.25 bits per heavy atom. The van der Waals surface area contributed by atoms with Crippen molar-refractivity contribution in [2.24, 2.45) is 11.7 Å². The molecule has 20 heavy (non-hydrogen) atoms. The average Bonchev–Trinajstić information content (AvgIpc) is 3.22. The first kappa shape index (κ1) is 14.8. The topological polar surface area (TPSA) is 55.1 Å². The second-order valence-electron chi connectivity index (χ2n) is 5.43.